The lowest BCUT2D eigenvalue weighted by Crippen LogP contribution is -2.31. The monoisotopic (exact) mass is 412 g/mol. The molecule has 0 aliphatic carbocycles. The number of nitrogens with two attached hydrogens (primary N) is 3. The highest BCUT2D eigenvalue weighted by Gasteiger charge is 2.08. The number of carbonyl (C=O) groups is 5. The third-order valence-electron chi connectivity index (χ3n) is 1.19. The molecule has 0 aromatic carbocycles. The Labute approximate surface area is 166 Å². The van der Waals surface area contributed by atoms with E-state index in [0.717, 1.165) is 13.3 Å². The first-order valence-electron chi connectivity index (χ1n) is 7.99. The number of primary amides is 2. The summed E-state index contributed by atoms with van der Waals surface area (Å²) in [7, 11) is 6.00. The second-order valence-electron chi connectivity index (χ2n) is 5.48. The molecule has 2 amide bonds. The highest BCUT2D eigenvalue weighted by molar-refractivity contribution is 5.80. The molecule has 0 saturated carbocycles. The molecule has 0 rings (SSSR count). The molecule has 0 bridgehead atoms. The van der Waals surface area contributed by atoms with Gasteiger partial charge in [-0.2, -0.15) is 0 Å². The minimum Gasteiger partial charge on any atom is -0.481 e. The van der Waals surface area contributed by atoms with Crippen LogP contribution in [0.15, 0.2) is 0 Å². The molecular formula is C16H36N4O8. The van der Waals surface area contributed by atoms with Crippen LogP contribution in [0.1, 0.15) is 40.5 Å². The number of carbonyl (C=O) groups excluding carboxylic acids is 3. The van der Waals surface area contributed by atoms with Crippen molar-refractivity contribution >= 4 is 29.7 Å². The van der Waals surface area contributed by atoms with Crippen LogP contribution < -0.4 is 17.2 Å². The van der Waals surface area contributed by atoms with Crippen LogP contribution in [0.2, 0.25) is 0 Å². The molecule has 12 nitrogen and oxygen atoms in total. The van der Waals surface area contributed by atoms with Gasteiger partial charge in [0.2, 0.25) is 5.91 Å². The molecule has 0 unspecified atom stereocenters. The molecule has 0 aromatic rings. The largest absolute Gasteiger partial charge is 0.481 e. The van der Waals surface area contributed by atoms with Crippen molar-refractivity contribution in [2.24, 2.45) is 17.2 Å². The summed E-state index contributed by atoms with van der Waals surface area (Å²) in [5.74, 6) is -3.19. The van der Waals surface area contributed by atoms with Gasteiger partial charge in [-0.05, 0) is 34.5 Å². The van der Waals surface area contributed by atoms with Crippen molar-refractivity contribution in [2.45, 2.75) is 46.6 Å². The summed E-state index contributed by atoms with van der Waals surface area (Å²) in [5, 5.41) is 15.3. The fourth-order valence-corrected chi connectivity index (χ4v) is 0.488. The lowest BCUT2D eigenvalue weighted by molar-refractivity contribution is -0.148. The molecule has 8 N–H and O–H groups in total. The molecule has 0 spiro atoms. The molecule has 12 heteroatoms. The van der Waals surface area contributed by atoms with E-state index in [0.29, 0.717) is 6.42 Å². The SMILES string of the molecule is CC(=O)O.CC(N)=O.CCCC(=O)O.CN(C)C.C[C@H](N)C(=O)OCC(N)=O. The smallest absolute Gasteiger partial charge is 0.323 e. The average molecular weight is 412 g/mol. The number of aliphatic carboxylic acids is 2. The number of carboxylic acid groups (broad SMARTS) is 2. The van der Waals surface area contributed by atoms with Gasteiger partial charge in [0.25, 0.3) is 11.9 Å². The van der Waals surface area contributed by atoms with Crippen LogP contribution in [-0.4, -0.2) is 78.6 Å². The summed E-state index contributed by atoms with van der Waals surface area (Å²) in [6.45, 7) is 5.29. The average Bonchev–Trinajstić information content (AvgIpc) is 2.43. The summed E-state index contributed by atoms with van der Waals surface area (Å²) in [6, 6.07) is -0.709. The second-order valence-corrected chi connectivity index (χ2v) is 5.48. The Morgan fingerprint density at radius 1 is 1.00 bits per heavy atom. The highest BCUT2D eigenvalue weighted by atomic mass is 16.5. The Balaban J connectivity index is -0.0000000845. The van der Waals surface area contributed by atoms with E-state index in [4.69, 9.17) is 20.7 Å². The molecule has 0 radical (unpaired) electrons. The predicted octanol–water partition coefficient (Wildman–Crippen LogP) is -1.01. The first-order valence-corrected chi connectivity index (χ1v) is 7.99. The number of ether oxygens (including phenoxy) is 1. The van der Waals surface area contributed by atoms with Gasteiger partial charge in [0.1, 0.15) is 6.04 Å². The van der Waals surface area contributed by atoms with Crippen molar-refractivity contribution in [3.05, 3.63) is 0 Å². The molecule has 0 aliphatic rings. The topological polar surface area (TPSA) is 216 Å². The van der Waals surface area contributed by atoms with Gasteiger partial charge in [0.05, 0.1) is 0 Å². The number of hydrogen-bond donors (Lipinski definition) is 5. The van der Waals surface area contributed by atoms with Gasteiger partial charge >= 0.3 is 11.9 Å². The number of rotatable bonds is 5. The zero-order valence-corrected chi connectivity index (χ0v) is 17.7. The Morgan fingerprint density at radius 3 is 1.39 bits per heavy atom. The standard InChI is InChI=1S/C5H10N2O3.C4H8O2.C3H9N.C2H5NO.C2H4O2/c1-3(6)5(9)10-2-4(7)8;1-2-3-4(5)6;1-4(2)3;2*1-2(3)4/h3H,2,6H2,1H3,(H2,7,8);2-3H2,1H3,(H,5,6);1-3H3;1H3,(H2,3,4);1H3,(H,3,4)/t3-;;;;/m0..../s1. The van der Waals surface area contributed by atoms with Gasteiger partial charge in [0.15, 0.2) is 6.61 Å². The molecule has 0 fully saturated rings. The molecule has 168 valence electrons. The minimum atomic E-state index is -0.833. The zero-order chi connectivity index (χ0) is 23.9. The third kappa shape index (κ3) is 134. The van der Waals surface area contributed by atoms with Gasteiger partial charge in [-0.3, -0.25) is 24.0 Å². The van der Waals surface area contributed by atoms with Crippen molar-refractivity contribution in [2.75, 3.05) is 27.7 Å². The summed E-state index contributed by atoms with van der Waals surface area (Å²) in [4.78, 5) is 50.3. The molecule has 0 heterocycles. The van der Waals surface area contributed by atoms with Crippen LogP contribution in [0.25, 0.3) is 0 Å². The maximum Gasteiger partial charge on any atom is 0.323 e. The van der Waals surface area contributed by atoms with Crippen molar-refractivity contribution in [3.63, 3.8) is 0 Å². The van der Waals surface area contributed by atoms with Crippen LogP contribution in [-0.2, 0) is 28.7 Å². The van der Waals surface area contributed by atoms with E-state index in [1.165, 1.54) is 13.8 Å². The van der Waals surface area contributed by atoms with E-state index < -0.39 is 36.5 Å². The Hall–Kier alpha value is -2.73. The normalized spacial score (nSPS) is 9.18. The van der Waals surface area contributed by atoms with Gasteiger partial charge in [-0.1, -0.05) is 6.92 Å². The lowest BCUT2D eigenvalue weighted by atomic mass is 10.4. The Morgan fingerprint density at radius 2 is 1.29 bits per heavy atom. The Bertz CT molecular complexity index is 418. The number of nitrogens with zero attached hydrogens (tertiary/aromatic N) is 1. The molecule has 1 atom stereocenters. The van der Waals surface area contributed by atoms with Gasteiger partial charge in [0, 0.05) is 20.3 Å². The van der Waals surface area contributed by atoms with E-state index in [2.05, 4.69) is 16.2 Å². The maximum absolute atomic E-state index is 10.5. The molecule has 28 heavy (non-hydrogen) atoms. The Kier molecular flexibility index (Phi) is 34.3. The van der Waals surface area contributed by atoms with Crippen LogP contribution >= 0.6 is 0 Å². The van der Waals surface area contributed by atoms with Crippen LogP contribution in [0.4, 0.5) is 0 Å². The molecule has 0 aromatic heterocycles. The number of amides is 2. The van der Waals surface area contributed by atoms with Crippen molar-refractivity contribution in [1.29, 1.82) is 0 Å². The van der Waals surface area contributed by atoms with E-state index in [1.54, 1.807) is 0 Å². The van der Waals surface area contributed by atoms with Crippen molar-refractivity contribution < 1.29 is 38.9 Å². The third-order valence-corrected chi connectivity index (χ3v) is 1.19. The maximum atomic E-state index is 10.5. The van der Waals surface area contributed by atoms with Gasteiger partial charge in [-0.15, -0.1) is 0 Å². The number of esters is 1. The zero-order valence-electron chi connectivity index (χ0n) is 17.7. The second kappa shape index (κ2) is 26.5. The predicted molar refractivity (Wildman–Crippen MR) is 104 cm³/mol. The van der Waals surface area contributed by atoms with Crippen LogP contribution in [0.5, 0.6) is 0 Å². The summed E-state index contributed by atoms with van der Waals surface area (Å²) in [6.07, 6.45) is 1.02. The van der Waals surface area contributed by atoms with Crippen molar-refractivity contribution in [1.82, 2.24) is 4.90 Å². The van der Waals surface area contributed by atoms with Crippen LogP contribution in [0.3, 0.4) is 0 Å². The summed E-state index contributed by atoms with van der Waals surface area (Å²) < 4.78 is 4.33. The number of hydrogen-bond acceptors (Lipinski definition) is 8. The van der Waals surface area contributed by atoms with E-state index in [9.17, 15) is 19.2 Å². The number of carboxylic acids is 2. The first kappa shape index (κ1) is 36.2. The lowest BCUT2D eigenvalue weighted by Gasteiger charge is -2.03. The summed E-state index contributed by atoms with van der Waals surface area (Å²) in [5.41, 5.74) is 14.3. The van der Waals surface area contributed by atoms with E-state index >= 15 is 0 Å². The highest BCUT2D eigenvalue weighted by Crippen LogP contribution is 1.82. The molecular weight excluding hydrogens is 376 g/mol. The quantitative estimate of drug-likeness (QED) is 0.346. The first-order chi connectivity index (χ1) is 12.5. The van der Waals surface area contributed by atoms with Crippen molar-refractivity contribution in [3.8, 4) is 0 Å². The fourth-order valence-electron chi connectivity index (χ4n) is 0.488. The van der Waals surface area contributed by atoms with Gasteiger partial charge < -0.3 is 37.1 Å². The molecule has 0 aliphatic heterocycles. The summed E-state index contributed by atoms with van der Waals surface area (Å²) >= 11 is 0. The van der Waals surface area contributed by atoms with E-state index in [-0.39, 0.29) is 5.91 Å². The fraction of sp³-hybridized carbons (Fsp3) is 0.688. The van der Waals surface area contributed by atoms with Crippen LogP contribution in [0, 0.1) is 0 Å². The minimum absolute atomic E-state index is 0.292. The van der Waals surface area contributed by atoms with E-state index in [1.807, 2.05) is 33.0 Å². The van der Waals surface area contributed by atoms with Gasteiger partial charge in [-0.25, -0.2) is 0 Å². The molecule has 0 saturated heterocycles.